The highest BCUT2D eigenvalue weighted by molar-refractivity contribution is 6.26. The van der Waals surface area contributed by atoms with Gasteiger partial charge in [-0.25, -0.2) is 0 Å². The average molecular weight is 358 g/mol. The molecule has 0 atom stereocenters. The molecule has 0 aromatic heterocycles. The summed E-state index contributed by atoms with van der Waals surface area (Å²) < 4.78 is 0. The molecule has 0 heterocycles. The molecule has 0 fully saturated rings. The van der Waals surface area contributed by atoms with Crippen LogP contribution in [0.5, 0.6) is 0 Å². The quantitative estimate of drug-likeness (QED) is 0.259. The van der Waals surface area contributed by atoms with E-state index < -0.39 is 0 Å². The van der Waals surface area contributed by atoms with Crippen LogP contribution < -0.4 is 0 Å². The molecule has 0 N–H and O–H groups in total. The fourth-order valence-electron chi connectivity index (χ4n) is 4.67. The van der Waals surface area contributed by atoms with Crippen molar-refractivity contribution in [2.24, 2.45) is 0 Å². The Morgan fingerprint density at radius 1 is 0.429 bits per heavy atom. The molecule has 0 unspecified atom stereocenters. The molecule has 0 spiro atoms. The molecule has 0 heteroatoms. The van der Waals surface area contributed by atoms with Crippen molar-refractivity contribution in [2.75, 3.05) is 0 Å². The van der Waals surface area contributed by atoms with E-state index in [4.69, 9.17) is 0 Å². The van der Waals surface area contributed by atoms with E-state index in [1.807, 2.05) is 0 Å². The molecule has 0 radical (unpaired) electrons. The highest BCUT2D eigenvalue weighted by Gasteiger charge is 2.13. The van der Waals surface area contributed by atoms with Crippen molar-refractivity contribution in [3.63, 3.8) is 0 Å². The van der Waals surface area contributed by atoms with Gasteiger partial charge in [-0.2, -0.15) is 0 Å². The van der Waals surface area contributed by atoms with Crippen LogP contribution in [-0.4, -0.2) is 0 Å². The second-order valence-corrected chi connectivity index (χ2v) is 7.44. The van der Waals surface area contributed by atoms with Crippen molar-refractivity contribution in [1.82, 2.24) is 0 Å². The lowest BCUT2D eigenvalue weighted by Crippen LogP contribution is -1.88. The van der Waals surface area contributed by atoms with E-state index in [9.17, 15) is 0 Å². The van der Waals surface area contributed by atoms with Gasteiger partial charge >= 0.3 is 0 Å². The number of hydrogen-bond acceptors (Lipinski definition) is 0. The molecule has 6 aromatic rings. The Bertz CT molecular complexity index is 1450. The molecule has 0 saturated heterocycles. The molecule has 0 aliphatic rings. The van der Waals surface area contributed by atoms with Gasteiger partial charge in [-0.1, -0.05) is 98.4 Å². The minimum atomic E-state index is 0. The topological polar surface area (TPSA) is 0 Å². The summed E-state index contributed by atoms with van der Waals surface area (Å²) in [5, 5.41) is 10.7. The van der Waals surface area contributed by atoms with E-state index in [0.29, 0.717) is 0 Å². The predicted octanol–water partition coefficient (Wildman–Crippen LogP) is 8.35. The van der Waals surface area contributed by atoms with Crippen molar-refractivity contribution in [2.45, 2.75) is 14.4 Å². The molecule has 134 valence electrons. The van der Waals surface area contributed by atoms with E-state index >= 15 is 0 Å². The van der Waals surface area contributed by atoms with Crippen LogP contribution in [0, 0.1) is 6.92 Å². The van der Waals surface area contributed by atoms with Crippen LogP contribution in [0.25, 0.3) is 54.2 Å². The molecule has 0 saturated carbocycles. The lowest BCUT2D eigenvalue weighted by molar-refractivity contribution is 1.53. The van der Waals surface area contributed by atoms with Gasteiger partial charge in [-0.15, -0.1) is 0 Å². The second-order valence-electron chi connectivity index (χ2n) is 7.44. The first-order valence-corrected chi connectivity index (χ1v) is 9.46. The van der Waals surface area contributed by atoms with Gasteiger partial charge in [-0.05, 0) is 66.7 Å². The summed E-state index contributed by atoms with van der Waals surface area (Å²) in [5.41, 5.74) is 3.96. The van der Waals surface area contributed by atoms with E-state index in [2.05, 4.69) is 97.9 Å². The monoisotopic (exact) mass is 358 g/mol. The summed E-state index contributed by atoms with van der Waals surface area (Å²) >= 11 is 0. The van der Waals surface area contributed by atoms with Gasteiger partial charge in [0.1, 0.15) is 0 Å². The zero-order valence-electron chi connectivity index (χ0n) is 15.2. The minimum absolute atomic E-state index is 0. The van der Waals surface area contributed by atoms with Crippen molar-refractivity contribution in [3.05, 3.63) is 96.6 Å². The van der Waals surface area contributed by atoms with E-state index in [0.717, 1.165) is 0 Å². The third-order valence-corrected chi connectivity index (χ3v) is 5.96. The van der Waals surface area contributed by atoms with Crippen LogP contribution in [0.3, 0.4) is 0 Å². The van der Waals surface area contributed by atoms with Crippen LogP contribution in [0.1, 0.15) is 13.0 Å². The van der Waals surface area contributed by atoms with Gasteiger partial charge in [0.05, 0.1) is 0 Å². The van der Waals surface area contributed by atoms with Gasteiger partial charge in [-0.3, -0.25) is 0 Å². The third-order valence-electron chi connectivity index (χ3n) is 5.96. The molecular formula is C28H22. The van der Waals surface area contributed by atoms with Crippen molar-refractivity contribution in [3.8, 4) is 11.1 Å². The van der Waals surface area contributed by atoms with Crippen LogP contribution in [0.2, 0.25) is 0 Å². The molecule has 6 rings (SSSR count). The Morgan fingerprint density at radius 3 is 1.82 bits per heavy atom. The highest BCUT2D eigenvalue weighted by Crippen LogP contribution is 2.41. The first-order valence-electron chi connectivity index (χ1n) is 9.46. The first kappa shape index (κ1) is 16.8. The summed E-state index contributed by atoms with van der Waals surface area (Å²) in [6.45, 7) is 2.19. The largest absolute Gasteiger partial charge is 0.0776 e. The zero-order valence-corrected chi connectivity index (χ0v) is 15.2. The minimum Gasteiger partial charge on any atom is -0.0776 e. The summed E-state index contributed by atoms with van der Waals surface area (Å²) in [4.78, 5) is 0. The SMILES string of the molecule is C.Cc1cccc2c(-c3ccc4ccc5cccc6ccc3c4c56)cccc12. The molecule has 6 aromatic carbocycles. The molecule has 28 heavy (non-hydrogen) atoms. The van der Waals surface area contributed by atoms with Gasteiger partial charge in [0, 0.05) is 0 Å². The highest BCUT2D eigenvalue weighted by atomic mass is 14.2. The number of rotatable bonds is 1. The Hall–Kier alpha value is -3.38. The van der Waals surface area contributed by atoms with E-state index in [1.165, 1.54) is 59.8 Å². The Kier molecular flexibility index (Phi) is 3.64. The smallest absolute Gasteiger partial charge is 0.00206 e. The molecule has 0 aliphatic heterocycles. The maximum absolute atomic E-state index is 2.30. The Morgan fingerprint density at radius 2 is 1.00 bits per heavy atom. The van der Waals surface area contributed by atoms with Crippen molar-refractivity contribution in [1.29, 1.82) is 0 Å². The number of benzene rings is 6. The lowest BCUT2D eigenvalue weighted by Gasteiger charge is -2.15. The van der Waals surface area contributed by atoms with E-state index in [1.54, 1.807) is 0 Å². The standard InChI is InChI=1S/C27H18.CH4/c1-17-5-2-9-22-21(17)8-4-10-23(22)24-15-13-20-12-11-18-6-3-7-19-14-16-25(24)27(20)26(18)19;/h2-16H,1H3;1H4. The van der Waals surface area contributed by atoms with Gasteiger partial charge in [0.15, 0.2) is 0 Å². The lowest BCUT2D eigenvalue weighted by atomic mass is 9.88. The normalized spacial score (nSPS) is 11.5. The maximum Gasteiger partial charge on any atom is -0.00206 e. The fraction of sp³-hybridized carbons (Fsp3) is 0.0714. The van der Waals surface area contributed by atoms with Crippen LogP contribution in [0.4, 0.5) is 0 Å². The predicted molar refractivity (Wildman–Crippen MR) is 125 cm³/mol. The van der Waals surface area contributed by atoms with Crippen molar-refractivity contribution < 1.29 is 0 Å². The van der Waals surface area contributed by atoms with Gasteiger partial charge in [0.2, 0.25) is 0 Å². The fourth-order valence-corrected chi connectivity index (χ4v) is 4.67. The molecule has 0 bridgehead atoms. The summed E-state index contributed by atoms with van der Waals surface area (Å²) in [5.74, 6) is 0. The summed E-state index contributed by atoms with van der Waals surface area (Å²) in [6, 6.07) is 33.5. The van der Waals surface area contributed by atoms with Crippen molar-refractivity contribution >= 4 is 43.1 Å². The molecule has 0 amide bonds. The van der Waals surface area contributed by atoms with E-state index in [-0.39, 0.29) is 7.43 Å². The number of hydrogen-bond donors (Lipinski definition) is 0. The van der Waals surface area contributed by atoms with Gasteiger partial charge in [0.25, 0.3) is 0 Å². The Labute approximate surface area is 165 Å². The van der Waals surface area contributed by atoms with Gasteiger partial charge < -0.3 is 0 Å². The average Bonchev–Trinajstić information content (AvgIpc) is 2.72. The molecular weight excluding hydrogens is 336 g/mol. The molecule has 0 nitrogen and oxygen atoms in total. The first-order chi connectivity index (χ1) is 13.3. The Balaban J connectivity index is 0.00000171. The van der Waals surface area contributed by atoms with Crippen LogP contribution in [0.15, 0.2) is 91.0 Å². The maximum atomic E-state index is 2.30. The number of fused-ring (bicyclic) bond motifs is 1. The van der Waals surface area contributed by atoms with Crippen LogP contribution >= 0.6 is 0 Å². The third kappa shape index (κ3) is 2.18. The molecule has 0 aliphatic carbocycles. The second kappa shape index (κ2) is 6.07. The zero-order chi connectivity index (χ0) is 18.0. The van der Waals surface area contributed by atoms with Crippen LogP contribution in [-0.2, 0) is 0 Å². The summed E-state index contributed by atoms with van der Waals surface area (Å²) in [7, 11) is 0. The summed E-state index contributed by atoms with van der Waals surface area (Å²) in [6.07, 6.45) is 0. The number of aryl methyl sites for hydroxylation is 1.